The van der Waals surface area contributed by atoms with Crippen LogP contribution in [0.25, 0.3) is 22.3 Å². The van der Waals surface area contributed by atoms with Crippen LogP contribution in [-0.2, 0) is 46.3 Å². The minimum Gasteiger partial charge on any atom is -0.410 e. The Hall–Kier alpha value is -1.76. The van der Waals surface area contributed by atoms with E-state index in [0.717, 1.165) is 0 Å². The van der Waals surface area contributed by atoms with Crippen LogP contribution in [0, 0.1) is 0 Å². The number of nitrogens with zero attached hydrogens (tertiary/aromatic N) is 7. The van der Waals surface area contributed by atoms with Gasteiger partial charge < -0.3 is 35.2 Å². The highest BCUT2D eigenvalue weighted by Gasteiger charge is 2.54. The van der Waals surface area contributed by atoms with Crippen molar-refractivity contribution in [3.05, 3.63) is 29.3 Å². The van der Waals surface area contributed by atoms with E-state index < -0.39 is 80.8 Å². The maximum absolute atomic E-state index is 16.1. The van der Waals surface area contributed by atoms with Crippen molar-refractivity contribution >= 4 is 103 Å². The molecule has 18 nitrogen and oxygen atoms in total. The summed E-state index contributed by atoms with van der Waals surface area (Å²) in [7, 11) is -2.54. The Morgan fingerprint density at radius 2 is 1.85 bits per heavy atom. The zero-order chi connectivity index (χ0) is 37.9. The van der Waals surface area contributed by atoms with Gasteiger partial charge in [0.05, 0.1) is 37.2 Å². The number of anilines is 2. The molecule has 284 valence electrons. The molecule has 6 heterocycles. The van der Waals surface area contributed by atoms with Gasteiger partial charge in [-0.2, -0.15) is 4.98 Å². The quantitative estimate of drug-likeness (QED) is 0.0681. The minimum atomic E-state index is -4.23. The fourth-order valence-electron chi connectivity index (χ4n) is 5.67. The van der Waals surface area contributed by atoms with Gasteiger partial charge in [-0.05, 0) is 29.9 Å². The van der Waals surface area contributed by atoms with E-state index in [1.807, 2.05) is 13.1 Å². The first-order chi connectivity index (χ1) is 24.3. The zero-order valence-electron chi connectivity index (χ0n) is 28.3. The lowest BCUT2D eigenvalue weighted by molar-refractivity contribution is -0.0441. The fourth-order valence-corrected chi connectivity index (χ4v) is 11.1. The summed E-state index contributed by atoms with van der Waals surface area (Å²) in [6.45, 7) is 5.23. The molecule has 4 aromatic rings. The van der Waals surface area contributed by atoms with Crippen molar-refractivity contribution in [1.82, 2.24) is 39.0 Å². The second-order valence-electron chi connectivity index (χ2n) is 13.6. The maximum atomic E-state index is 16.1. The molecule has 3 unspecified atom stereocenters. The number of aromatic amines is 1. The zero-order valence-corrected chi connectivity index (χ0v) is 34.5. The molecule has 7 N–H and O–H groups in total. The number of aliphatic hydroxyl groups excluding tert-OH is 1. The van der Waals surface area contributed by atoms with E-state index in [0.29, 0.717) is 0 Å². The first-order valence-corrected chi connectivity index (χ1v) is 25.6. The third-order valence-corrected chi connectivity index (χ3v) is 17.8. The number of nitrogens with one attached hydrogen (secondary N) is 1. The number of thioether (sulfide) groups is 1. The van der Waals surface area contributed by atoms with Gasteiger partial charge in [-0.3, -0.25) is 23.4 Å². The number of halogens is 1. The summed E-state index contributed by atoms with van der Waals surface area (Å²) >= 11 is 16.1. The van der Waals surface area contributed by atoms with Gasteiger partial charge >= 0.3 is 12.8 Å². The van der Waals surface area contributed by atoms with Gasteiger partial charge in [0.2, 0.25) is 17.8 Å². The fraction of sp³-hybridized carbons (Fsp3) is 0.615. The average molecular weight is 856 g/mol. The van der Waals surface area contributed by atoms with Crippen molar-refractivity contribution in [2.75, 3.05) is 24.7 Å². The Labute approximate surface area is 318 Å². The van der Waals surface area contributed by atoms with Gasteiger partial charge in [0.1, 0.15) is 41.7 Å². The summed E-state index contributed by atoms with van der Waals surface area (Å²) in [5, 5.41) is 8.97. The molecule has 6 rings (SSSR count). The topological polar surface area (TPSA) is 246 Å². The van der Waals surface area contributed by atoms with Crippen LogP contribution in [-0.4, -0.2) is 106 Å². The molecule has 0 radical (unpaired) electrons. The summed E-state index contributed by atoms with van der Waals surface area (Å²) in [4.78, 5) is 47.5. The van der Waals surface area contributed by atoms with Crippen LogP contribution in [0.1, 0.15) is 32.4 Å². The monoisotopic (exact) mass is 855 g/mol. The smallest absolute Gasteiger partial charge is 0.410 e. The van der Waals surface area contributed by atoms with Crippen LogP contribution in [0.15, 0.2) is 23.8 Å². The Morgan fingerprint density at radius 1 is 1.15 bits per heavy atom. The molecule has 0 saturated carbocycles. The van der Waals surface area contributed by atoms with Gasteiger partial charge in [0, 0.05) is 0 Å². The van der Waals surface area contributed by atoms with Crippen molar-refractivity contribution in [2.45, 2.75) is 86.3 Å². The van der Waals surface area contributed by atoms with Crippen LogP contribution in [0.5, 0.6) is 0 Å². The van der Waals surface area contributed by atoms with Gasteiger partial charge in [-0.1, -0.05) is 20.8 Å². The van der Waals surface area contributed by atoms with Crippen LogP contribution in [0.4, 0.5) is 16.2 Å². The van der Waals surface area contributed by atoms with Crippen LogP contribution in [0.2, 0.25) is 18.1 Å². The van der Waals surface area contributed by atoms with Crippen LogP contribution in [0.3, 0.4) is 0 Å². The largest absolute Gasteiger partial charge is 0.411 e. The molecular formula is C26H38FN10O8P2S4Si+. The second kappa shape index (κ2) is 15.1. The lowest BCUT2D eigenvalue weighted by Gasteiger charge is -2.41. The number of thiol groups is 1. The number of fused-ring (bicyclic) bond motifs is 2. The Morgan fingerprint density at radius 3 is 2.52 bits per heavy atom. The molecule has 0 aromatic carbocycles. The predicted octanol–water partition coefficient (Wildman–Crippen LogP) is 3.06. The molecule has 2 aliphatic heterocycles. The highest BCUT2D eigenvalue weighted by Crippen LogP contribution is 2.56. The molecule has 0 spiro atoms. The number of ether oxygens (including phenoxy) is 1. The van der Waals surface area contributed by atoms with E-state index in [4.69, 9.17) is 57.8 Å². The number of rotatable bonds is 12. The van der Waals surface area contributed by atoms with E-state index in [1.165, 1.54) is 35.3 Å². The third-order valence-electron chi connectivity index (χ3n) is 9.22. The van der Waals surface area contributed by atoms with Gasteiger partial charge in [0.15, 0.2) is 49.4 Å². The number of nitrogen functional groups attached to an aromatic ring is 2. The van der Waals surface area contributed by atoms with Crippen molar-refractivity contribution < 1.29 is 37.1 Å². The number of aliphatic hydroxyl groups is 1. The van der Waals surface area contributed by atoms with Crippen LogP contribution < -0.4 is 17.0 Å². The first kappa shape index (κ1) is 39.9. The van der Waals surface area contributed by atoms with E-state index in [-0.39, 0.29) is 45.7 Å². The molecule has 2 saturated heterocycles. The molecule has 0 aliphatic carbocycles. The van der Waals surface area contributed by atoms with Crippen molar-refractivity contribution in [3.63, 3.8) is 0 Å². The SMILES string of the molecule is CC(C)(C)[Si](C)(C)OC1[C@@H](OP(O)(=S)OC[C@H]2O[C@@H](n3cnc4c(N)ncnc43)[C@@H](F)[C@@H]2O[P+](=S)S)[C@H](n2cnc3c(=O)[nH]c(N)nc32)S[C@@H]1CO. The number of nitrogens with two attached hydrogens (primary N) is 2. The van der Waals surface area contributed by atoms with E-state index >= 15 is 4.39 Å². The number of hydrogen-bond acceptors (Lipinski definition) is 17. The molecule has 0 bridgehead atoms. The molecule has 2 fully saturated rings. The molecule has 10 atom stereocenters. The summed E-state index contributed by atoms with van der Waals surface area (Å²) in [6, 6.07) is 0. The molecule has 4 aromatic heterocycles. The molecule has 2 aliphatic rings. The lowest BCUT2D eigenvalue weighted by Crippen LogP contribution is -2.50. The highest BCUT2D eigenvalue weighted by atomic mass is 32.9. The Bertz CT molecular complexity index is 2090. The third kappa shape index (κ3) is 7.83. The van der Waals surface area contributed by atoms with Gasteiger partial charge in [0.25, 0.3) is 5.56 Å². The van der Waals surface area contributed by atoms with Crippen LogP contribution >= 0.6 is 36.9 Å². The predicted molar refractivity (Wildman–Crippen MR) is 206 cm³/mol. The normalized spacial score (nSPS) is 28.5. The number of aromatic nitrogens is 8. The minimum absolute atomic E-state index is 0.0213. The lowest BCUT2D eigenvalue weighted by atomic mass is 10.1. The van der Waals surface area contributed by atoms with Crippen molar-refractivity contribution in [3.8, 4) is 0 Å². The summed E-state index contributed by atoms with van der Waals surface area (Å²) in [5.41, 5.74) is 11.9. The molecule has 26 heteroatoms. The molecular weight excluding hydrogens is 818 g/mol. The second-order valence-corrected chi connectivity index (χ2v) is 26.1. The Kier molecular flexibility index (Phi) is 11.6. The number of H-pyrrole nitrogens is 1. The number of hydrogen-bond donors (Lipinski definition) is 6. The summed E-state index contributed by atoms with van der Waals surface area (Å²) in [5.74, 6) is -0.0331. The summed E-state index contributed by atoms with van der Waals surface area (Å²) in [6.07, 6.45) is -5.26. The van der Waals surface area contributed by atoms with E-state index in [1.54, 1.807) is 4.57 Å². The number of alkyl halides is 1. The maximum Gasteiger partial charge on any atom is 0.411 e. The van der Waals surface area contributed by atoms with Crippen molar-refractivity contribution in [2.24, 2.45) is 0 Å². The molecule has 0 amide bonds. The average Bonchev–Trinajstić information content (AvgIpc) is 3.81. The Balaban J connectivity index is 1.30. The first-order valence-electron chi connectivity index (χ1n) is 15.7. The van der Waals surface area contributed by atoms with Gasteiger partial charge in [-0.15, -0.1) is 16.3 Å². The summed E-state index contributed by atoms with van der Waals surface area (Å²) < 4.78 is 49.7. The van der Waals surface area contributed by atoms with Crippen molar-refractivity contribution in [1.29, 1.82) is 0 Å². The number of imidazole rings is 2. The van der Waals surface area contributed by atoms with Gasteiger partial charge in [-0.25, -0.2) is 24.3 Å². The van der Waals surface area contributed by atoms with E-state index in [9.17, 15) is 14.8 Å². The van der Waals surface area contributed by atoms with E-state index in [2.05, 4.69) is 62.9 Å². The molecule has 52 heavy (non-hydrogen) atoms. The standard InChI is InChI=1S/C26H37FN10O8P2S4Si/c1-26(2,3)52(4,5)45-17-12(6-38)51-24(37-10-33-15-21(37)34-25(29)35-22(15)39)18(17)44-47(40,50)41-7-11-16(43-46(48)49)13(27)23(42-11)36-9-32-14-19(28)30-8-31-20(14)36/h8-13,16-18,23-24,38H,6-7H2,1-5H3,(H6-,28,29,30,31,34,35,39,40,48,49,50)/p+1/t11-,12-,13+,16-,17?,18-,23-,24-,47?/m1/s1. The highest BCUT2D eigenvalue weighted by molar-refractivity contribution is 8.54.